The number of aliphatic hydroxyl groups excluding tert-OH is 1. The van der Waals surface area contributed by atoms with Crippen LogP contribution in [0.15, 0.2) is 0 Å². The summed E-state index contributed by atoms with van der Waals surface area (Å²) >= 11 is 0. The first kappa shape index (κ1) is 9.47. The zero-order valence-corrected chi connectivity index (χ0v) is 8.95. The molecule has 2 heterocycles. The van der Waals surface area contributed by atoms with E-state index in [0.717, 1.165) is 12.5 Å². The van der Waals surface area contributed by atoms with Gasteiger partial charge in [0.05, 0.1) is 6.10 Å². The summed E-state index contributed by atoms with van der Waals surface area (Å²) in [5, 5.41) is 9.89. The van der Waals surface area contributed by atoms with Gasteiger partial charge in [0.15, 0.2) is 0 Å². The van der Waals surface area contributed by atoms with E-state index in [9.17, 15) is 5.11 Å². The van der Waals surface area contributed by atoms with Crippen LogP contribution < -0.4 is 0 Å². The fraction of sp³-hybridized carbons (Fsp3) is 1.00. The van der Waals surface area contributed by atoms with Gasteiger partial charge in [0.25, 0.3) is 0 Å². The summed E-state index contributed by atoms with van der Waals surface area (Å²) in [6.07, 6.45) is 4.62. The fourth-order valence-electron chi connectivity index (χ4n) is 3.17. The lowest BCUT2D eigenvalue weighted by Crippen LogP contribution is -2.55. The van der Waals surface area contributed by atoms with Crippen LogP contribution in [0.25, 0.3) is 0 Å². The maximum Gasteiger partial charge on any atom is 0.0696 e. The number of piperidine rings is 1. The summed E-state index contributed by atoms with van der Waals surface area (Å²) < 4.78 is 0. The molecule has 2 aliphatic rings. The Hall–Kier alpha value is -0.0800. The van der Waals surface area contributed by atoms with Gasteiger partial charge in [-0.25, -0.2) is 0 Å². The third kappa shape index (κ3) is 1.50. The molecule has 0 unspecified atom stereocenters. The first-order valence-electron chi connectivity index (χ1n) is 5.46. The minimum absolute atomic E-state index is 0.0713. The molecular weight excluding hydrogens is 162 g/mol. The maximum absolute atomic E-state index is 9.89. The van der Waals surface area contributed by atoms with Crippen molar-refractivity contribution in [3.8, 4) is 0 Å². The molecule has 2 heteroatoms. The van der Waals surface area contributed by atoms with Crippen LogP contribution in [0.1, 0.15) is 46.5 Å². The number of aliphatic hydroxyl groups is 1. The van der Waals surface area contributed by atoms with E-state index < -0.39 is 0 Å². The van der Waals surface area contributed by atoms with Gasteiger partial charge in [-0.1, -0.05) is 0 Å². The van der Waals surface area contributed by atoms with E-state index >= 15 is 0 Å². The van der Waals surface area contributed by atoms with Crippen molar-refractivity contribution >= 4 is 0 Å². The zero-order chi connectivity index (χ0) is 9.64. The standard InChI is InChI=1S/C11H21NO/c1-11(2,3)12-8-4-6-9(12)10(13)7-5-8/h8-10,13H,4-7H2,1-3H3/t8-,9+,10+/m1/s1. The van der Waals surface area contributed by atoms with Crippen molar-refractivity contribution in [2.24, 2.45) is 0 Å². The summed E-state index contributed by atoms with van der Waals surface area (Å²) in [4.78, 5) is 2.54. The molecule has 2 aliphatic heterocycles. The Labute approximate surface area is 80.9 Å². The van der Waals surface area contributed by atoms with Gasteiger partial charge in [-0.05, 0) is 46.5 Å². The molecule has 0 aromatic rings. The van der Waals surface area contributed by atoms with Crippen LogP contribution in [0.3, 0.4) is 0 Å². The lowest BCUT2D eigenvalue weighted by Gasteiger charge is -2.46. The quantitative estimate of drug-likeness (QED) is 0.618. The molecule has 0 spiro atoms. The molecule has 0 radical (unpaired) electrons. The molecule has 3 atom stereocenters. The van der Waals surface area contributed by atoms with Gasteiger partial charge in [0, 0.05) is 17.6 Å². The third-order valence-electron chi connectivity index (χ3n) is 3.56. The van der Waals surface area contributed by atoms with Crippen molar-refractivity contribution in [2.75, 3.05) is 0 Å². The second-order valence-electron chi connectivity index (χ2n) is 5.52. The molecule has 0 aliphatic carbocycles. The van der Waals surface area contributed by atoms with Gasteiger partial charge in [-0.2, -0.15) is 0 Å². The average molecular weight is 183 g/mol. The van der Waals surface area contributed by atoms with Crippen molar-refractivity contribution in [3.63, 3.8) is 0 Å². The van der Waals surface area contributed by atoms with E-state index in [1.54, 1.807) is 0 Å². The van der Waals surface area contributed by atoms with Crippen molar-refractivity contribution in [1.29, 1.82) is 0 Å². The Kier molecular flexibility index (Phi) is 2.16. The van der Waals surface area contributed by atoms with Crippen molar-refractivity contribution in [1.82, 2.24) is 4.90 Å². The Balaban J connectivity index is 2.20. The molecule has 13 heavy (non-hydrogen) atoms. The summed E-state index contributed by atoms with van der Waals surface area (Å²) in [6.45, 7) is 6.78. The maximum atomic E-state index is 9.89. The van der Waals surface area contributed by atoms with Crippen molar-refractivity contribution < 1.29 is 5.11 Å². The number of fused-ring (bicyclic) bond motifs is 2. The van der Waals surface area contributed by atoms with Gasteiger partial charge in [-0.15, -0.1) is 0 Å². The topological polar surface area (TPSA) is 23.5 Å². The van der Waals surface area contributed by atoms with Crippen LogP contribution in [0.2, 0.25) is 0 Å². The van der Waals surface area contributed by atoms with Gasteiger partial charge in [0.2, 0.25) is 0 Å². The number of hydrogen-bond acceptors (Lipinski definition) is 2. The highest BCUT2D eigenvalue weighted by atomic mass is 16.3. The van der Waals surface area contributed by atoms with Gasteiger partial charge in [0.1, 0.15) is 0 Å². The van der Waals surface area contributed by atoms with E-state index in [0.29, 0.717) is 6.04 Å². The molecule has 2 fully saturated rings. The van der Waals surface area contributed by atoms with Crippen LogP contribution >= 0.6 is 0 Å². The van der Waals surface area contributed by atoms with Crippen molar-refractivity contribution in [3.05, 3.63) is 0 Å². The van der Waals surface area contributed by atoms with Crippen LogP contribution in [0.4, 0.5) is 0 Å². The summed E-state index contributed by atoms with van der Waals surface area (Å²) in [6, 6.07) is 1.19. The van der Waals surface area contributed by atoms with Gasteiger partial charge >= 0.3 is 0 Å². The van der Waals surface area contributed by atoms with Crippen LogP contribution in [0.5, 0.6) is 0 Å². The normalized spacial score (nSPS) is 41.1. The highest BCUT2D eigenvalue weighted by molar-refractivity contribution is 5.01. The Bertz CT molecular complexity index is 197. The molecule has 0 amide bonds. The largest absolute Gasteiger partial charge is 0.391 e. The first-order chi connectivity index (χ1) is 6.00. The van der Waals surface area contributed by atoms with Crippen molar-refractivity contribution in [2.45, 2.75) is 70.2 Å². The van der Waals surface area contributed by atoms with E-state index in [-0.39, 0.29) is 11.6 Å². The summed E-state index contributed by atoms with van der Waals surface area (Å²) in [5.41, 5.74) is 0.229. The zero-order valence-electron chi connectivity index (χ0n) is 8.95. The minimum atomic E-state index is -0.0713. The first-order valence-corrected chi connectivity index (χ1v) is 5.46. The van der Waals surface area contributed by atoms with E-state index in [4.69, 9.17) is 0 Å². The van der Waals surface area contributed by atoms with Crippen LogP contribution in [-0.4, -0.2) is 33.7 Å². The van der Waals surface area contributed by atoms with Gasteiger partial charge < -0.3 is 5.11 Å². The highest BCUT2D eigenvalue weighted by Gasteiger charge is 2.45. The smallest absolute Gasteiger partial charge is 0.0696 e. The third-order valence-corrected chi connectivity index (χ3v) is 3.56. The highest BCUT2D eigenvalue weighted by Crippen LogP contribution is 2.40. The average Bonchev–Trinajstić information content (AvgIpc) is 2.35. The summed E-state index contributed by atoms with van der Waals surface area (Å²) in [7, 11) is 0. The van der Waals surface area contributed by atoms with E-state index in [1.807, 2.05) is 0 Å². The Morgan fingerprint density at radius 2 is 1.69 bits per heavy atom. The summed E-state index contributed by atoms with van der Waals surface area (Å²) in [5.74, 6) is 0. The number of nitrogens with zero attached hydrogens (tertiary/aromatic N) is 1. The monoisotopic (exact) mass is 183 g/mol. The molecule has 1 N–H and O–H groups in total. The molecule has 0 aromatic carbocycles. The van der Waals surface area contributed by atoms with Crippen LogP contribution in [-0.2, 0) is 0 Å². The molecule has 2 nitrogen and oxygen atoms in total. The lowest BCUT2D eigenvalue weighted by molar-refractivity contribution is -0.0338. The molecule has 76 valence electrons. The fourth-order valence-corrected chi connectivity index (χ4v) is 3.17. The second kappa shape index (κ2) is 2.96. The lowest BCUT2D eigenvalue weighted by atomic mass is 9.93. The Morgan fingerprint density at radius 3 is 2.23 bits per heavy atom. The number of rotatable bonds is 0. The molecular formula is C11H21NO. The minimum Gasteiger partial charge on any atom is -0.391 e. The molecule has 2 saturated heterocycles. The molecule has 0 aromatic heterocycles. The SMILES string of the molecule is CC(C)(C)N1[C@H]2CC[C@H](O)[C@@H]1CC2. The Morgan fingerprint density at radius 1 is 1.08 bits per heavy atom. The second-order valence-corrected chi connectivity index (χ2v) is 5.52. The predicted molar refractivity (Wildman–Crippen MR) is 53.6 cm³/mol. The molecule has 2 rings (SSSR count). The number of hydrogen-bond donors (Lipinski definition) is 1. The van der Waals surface area contributed by atoms with E-state index in [2.05, 4.69) is 25.7 Å². The molecule has 0 saturated carbocycles. The predicted octanol–water partition coefficient (Wildman–Crippen LogP) is 1.77. The molecule has 2 bridgehead atoms. The van der Waals surface area contributed by atoms with Gasteiger partial charge in [-0.3, -0.25) is 4.90 Å². The van der Waals surface area contributed by atoms with Crippen LogP contribution in [0, 0.1) is 0 Å². The van der Waals surface area contributed by atoms with E-state index in [1.165, 1.54) is 19.3 Å².